The Bertz CT molecular complexity index is 523. The first-order valence-corrected chi connectivity index (χ1v) is 8.49. The van der Waals surface area contributed by atoms with Crippen molar-refractivity contribution in [3.05, 3.63) is 52.0 Å². The molecule has 0 aliphatic rings. The predicted molar refractivity (Wildman–Crippen MR) is 88.7 cm³/mol. The van der Waals surface area contributed by atoms with E-state index in [1.54, 1.807) is 11.3 Å². The molecular formula is C17H24N2OS. The Labute approximate surface area is 131 Å². The molecule has 0 amide bonds. The number of nitrogens with zero attached hydrogens (tertiary/aromatic N) is 2. The van der Waals surface area contributed by atoms with Gasteiger partial charge in [0.1, 0.15) is 0 Å². The third-order valence-corrected chi connectivity index (χ3v) is 4.68. The highest BCUT2D eigenvalue weighted by molar-refractivity contribution is 7.09. The molecule has 0 saturated heterocycles. The number of aromatic nitrogens is 1. The zero-order valence-corrected chi connectivity index (χ0v) is 13.6. The molecular weight excluding hydrogens is 280 g/mol. The molecule has 21 heavy (non-hydrogen) atoms. The van der Waals surface area contributed by atoms with Gasteiger partial charge in [-0.3, -0.25) is 0 Å². The van der Waals surface area contributed by atoms with Crippen LogP contribution in [0.1, 0.15) is 36.2 Å². The van der Waals surface area contributed by atoms with Crippen molar-refractivity contribution in [2.45, 2.75) is 32.8 Å². The lowest BCUT2D eigenvalue weighted by molar-refractivity contribution is 0.177. The number of benzene rings is 1. The Morgan fingerprint density at radius 3 is 2.57 bits per heavy atom. The fourth-order valence-electron chi connectivity index (χ4n) is 2.34. The molecule has 3 nitrogen and oxygen atoms in total. The second-order valence-corrected chi connectivity index (χ2v) is 6.08. The summed E-state index contributed by atoms with van der Waals surface area (Å²) in [5, 5.41) is 13.5. The molecule has 2 aromatic rings. The zero-order valence-electron chi connectivity index (χ0n) is 12.8. The van der Waals surface area contributed by atoms with Gasteiger partial charge < -0.3 is 10.0 Å². The molecule has 0 aliphatic carbocycles. The van der Waals surface area contributed by atoms with Crippen molar-refractivity contribution in [3.8, 4) is 0 Å². The molecule has 1 heterocycles. The largest absolute Gasteiger partial charge is 0.388 e. The summed E-state index contributed by atoms with van der Waals surface area (Å²) in [6.45, 7) is 7.60. The van der Waals surface area contributed by atoms with Crippen molar-refractivity contribution in [2.24, 2.45) is 0 Å². The van der Waals surface area contributed by atoms with E-state index in [1.807, 2.05) is 30.3 Å². The van der Waals surface area contributed by atoms with Crippen LogP contribution in [0.3, 0.4) is 0 Å². The molecule has 0 radical (unpaired) electrons. The number of thiazole rings is 1. The van der Waals surface area contributed by atoms with Crippen LogP contribution in [-0.4, -0.2) is 34.6 Å². The molecule has 0 saturated carbocycles. The Morgan fingerprint density at radius 2 is 1.90 bits per heavy atom. The normalized spacial score (nSPS) is 12.8. The molecule has 1 unspecified atom stereocenters. The van der Waals surface area contributed by atoms with Crippen LogP contribution in [0.2, 0.25) is 0 Å². The van der Waals surface area contributed by atoms with Crippen molar-refractivity contribution in [3.63, 3.8) is 0 Å². The highest BCUT2D eigenvalue weighted by atomic mass is 32.1. The average molecular weight is 304 g/mol. The Balaban J connectivity index is 1.88. The maximum absolute atomic E-state index is 10.2. The average Bonchev–Trinajstić information content (AvgIpc) is 2.96. The van der Waals surface area contributed by atoms with Crippen molar-refractivity contribution >= 4 is 11.3 Å². The second-order valence-electron chi connectivity index (χ2n) is 5.14. The molecule has 0 spiro atoms. The number of aliphatic hydroxyl groups excluding tert-OH is 1. The van der Waals surface area contributed by atoms with Crippen LogP contribution in [0.4, 0.5) is 0 Å². The van der Waals surface area contributed by atoms with E-state index >= 15 is 0 Å². The third-order valence-electron chi connectivity index (χ3n) is 3.72. The quantitative estimate of drug-likeness (QED) is 0.813. The fraction of sp³-hybridized carbons (Fsp3) is 0.471. The van der Waals surface area contributed by atoms with Crippen molar-refractivity contribution in [1.82, 2.24) is 9.88 Å². The van der Waals surface area contributed by atoms with Crippen LogP contribution in [0.5, 0.6) is 0 Å². The first-order chi connectivity index (χ1) is 10.2. The van der Waals surface area contributed by atoms with Crippen molar-refractivity contribution < 1.29 is 5.11 Å². The van der Waals surface area contributed by atoms with E-state index in [0.717, 1.165) is 42.3 Å². The Morgan fingerprint density at radius 1 is 1.19 bits per heavy atom. The van der Waals surface area contributed by atoms with E-state index in [9.17, 15) is 5.11 Å². The summed E-state index contributed by atoms with van der Waals surface area (Å²) in [5.74, 6) is 0. The van der Waals surface area contributed by atoms with Crippen LogP contribution in [-0.2, 0) is 12.8 Å². The second kappa shape index (κ2) is 8.27. The summed E-state index contributed by atoms with van der Waals surface area (Å²) in [6, 6.07) is 9.78. The minimum Gasteiger partial charge on any atom is -0.388 e. The van der Waals surface area contributed by atoms with Crippen LogP contribution < -0.4 is 0 Å². The van der Waals surface area contributed by atoms with Crippen LogP contribution in [0.25, 0.3) is 0 Å². The minimum absolute atomic E-state index is 0.469. The highest BCUT2D eigenvalue weighted by Gasteiger charge is 2.11. The van der Waals surface area contributed by atoms with Gasteiger partial charge in [-0.2, -0.15) is 0 Å². The smallest absolute Gasteiger partial charge is 0.0941 e. The van der Waals surface area contributed by atoms with E-state index in [4.69, 9.17) is 0 Å². The lowest BCUT2D eigenvalue weighted by atomic mass is 10.1. The van der Waals surface area contributed by atoms with Crippen LogP contribution in [0, 0.1) is 0 Å². The lowest BCUT2D eigenvalue weighted by Gasteiger charge is -2.16. The topological polar surface area (TPSA) is 36.4 Å². The maximum atomic E-state index is 10.2. The number of hydrogen-bond donors (Lipinski definition) is 1. The summed E-state index contributed by atoms with van der Waals surface area (Å²) in [5.41, 5.74) is 1.95. The van der Waals surface area contributed by atoms with E-state index in [0.29, 0.717) is 6.42 Å². The van der Waals surface area contributed by atoms with E-state index < -0.39 is 6.10 Å². The molecule has 0 fully saturated rings. The van der Waals surface area contributed by atoms with E-state index in [1.165, 1.54) is 0 Å². The summed E-state index contributed by atoms with van der Waals surface area (Å²) in [6.07, 6.45) is 1.11. The molecule has 1 N–H and O–H groups in total. The summed E-state index contributed by atoms with van der Waals surface area (Å²) < 4.78 is 0. The predicted octanol–water partition coefficient (Wildman–Crippen LogP) is 3.30. The van der Waals surface area contributed by atoms with Crippen molar-refractivity contribution in [2.75, 3.05) is 19.6 Å². The number of hydrogen-bond acceptors (Lipinski definition) is 4. The van der Waals surface area contributed by atoms with E-state index in [-0.39, 0.29) is 0 Å². The number of likely N-dealkylation sites (N-methyl/N-ethyl adjacent to an activating group) is 1. The Kier molecular flexibility index (Phi) is 6.36. The summed E-state index contributed by atoms with van der Waals surface area (Å²) in [7, 11) is 0. The molecule has 2 rings (SSSR count). The zero-order chi connectivity index (χ0) is 15.1. The molecule has 0 aliphatic heterocycles. The van der Waals surface area contributed by atoms with Gasteiger partial charge in [-0.25, -0.2) is 4.98 Å². The minimum atomic E-state index is -0.469. The van der Waals surface area contributed by atoms with Gasteiger partial charge in [0.2, 0.25) is 0 Å². The van der Waals surface area contributed by atoms with Gasteiger partial charge in [0.05, 0.1) is 16.8 Å². The van der Waals surface area contributed by atoms with Gasteiger partial charge in [-0.15, -0.1) is 11.3 Å². The van der Waals surface area contributed by atoms with Gasteiger partial charge in [-0.05, 0) is 18.7 Å². The van der Waals surface area contributed by atoms with Gasteiger partial charge in [0.15, 0.2) is 0 Å². The SMILES string of the molecule is CCN(CC)CCc1nc(CC(O)c2ccccc2)cs1. The summed E-state index contributed by atoms with van der Waals surface area (Å²) >= 11 is 1.70. The van der Waals surface area contributed by atoms with Crippen LogP contribution in [0.15, 0.2) is 35.7 Å². The molecule has 1 aromatic carbocycles. The Hall–Kier alpha value is -1.23. The molecule has 1 aromatic heterocycles. The maximum Gasteiger partial charge on any atom is 0.0941 e. The first kappa shape index (κ1) is 16.1. The van der Waals surface area contributed by atoms with Crippen molar-refractivity contribution in [1.29, 1.82) is 0 Å². The van der Waals surface area contributed by atoms with Gasteiger partial charge >= 0.3 is 0 Å². The lowest BCUT2D eigenvalue weighted by Crippen LogP contribution is -2.25. The highest BCUT2D eigenvalue weighted by Crippen LogP contribution is 2.20. The van der Waals surface area contributed by atoms with Gasteiger partial charge in [0, 0.05) is 24.8 Å². The van der Waals surface area contributed by atoms with Gasteiger partial charge in [0.25, 0.3) is 0 Å². The molecule has 1 atom stereocenters. The first-order valence-electron chi connectivity index (χ1n) is 7.61. The van der Waals surface area contributed by atoms with Crippen LogP contribution >= 0.6 is 11.3 Å². The van der Waals surface area contributed by atoms with E-state index in [2.05, 4.69) is 29.1 Å². The molecule has 0 bridgehead atoms. The number of rotatable bonds is 8. The fourth-order valence-corrected chi connectivity index (χ4v) is 3.14. The third kappa shape index (κ3) is 4.92. The molecule has 4 heteroatoms. The van der Waals surface area contributed by atoms with Gasteiger partial charge in [-0.1, -0.05) is 44.2 Å². The number of aliphatic hydroxyl groups is 1. The monoisotopic (exact) mass is 304 g/mol. The molecule has 114 valence electrons. The summed E-state index contributed by atoms with van der Waals surface area (Å²) in [4.78, 5) is 7.05. The standard InChI is InChI=1S/C17H24N2OS/c1-3-19(4-2)11-10-17-18-15(13-21-17)12-16(20)14-8-6-5-7-9-14/h5-9,13,16,20H,3-4,10-12H2,1-2H3.